The molecule has 1 aliphatic carbocycles. The second kappa shape index (κ2) is 5.87. The minimum atomic E-state index is 0.497. The van der Waals surface area contributed by atoms with Crippen molar-refractivity contribution in [1.82, 2.24) is 0 Å². The first-order valence-corrected chi connectivity index (χ1v) is 8.02. The highest BCUT2D eigenvalue weighted by molar-refractivity contribution is 5.88. The molecule has 0 aromatic heterocycles. The predicted octanol–water partition coefficient (Wildman–Crippen LogP) is 5.62. The Morgan fingerprint density at radius 2 is 1.85 bits per heavy atom. The fourth-order valence-corrected chi connectivity index (χ4v) is 3.98. The van der Waals surface area contributed by atoms with Gasteiger partial charge in [-0.1, -0.05) is 62.9 Å². The molecule has 0 bridgehead atoms. The molecule has 1 N–H and O–H groups in total. The lowest BCUT2D eigenvalue weighted by Crippen LogP contribution is -2.18. The maximum absolute atomic E-state index is 10.4. The standard InChI is InChI=1S/C19H24O/c1-2-7-14-8-3-5-10-16(14)19-17-11-6-4-9-15(17)12-13-18(19)20/h4,6,9,11-14,16,20H,2-3,5,7-8,10H2,1H3. The summed E-state index contributed by atoms with van der Waals surface area (Å²) in [4.78, 5) is 0. The normalized spacial score (nSPS) is 23.1. The van der Waals surface area contributed by atoms with Gasteiger partial charge in [-0.15, -0.1) is 0 Å². The van der Waals surface area contributed by atoms with Crippen molar-refractivity contribution in [3.63, 3.8) is 0 Å². The van der Waals surface area contributed by atoms with Gasteiger partial charge in [-0.2, -0.15) is 0 Å². The molecule has 1 heteroatoms. The smallest absolute Gasteiger partial charge is 0.119 e. The van der Waals surface area contributed by atoms with Crippen molar-refractivity contribution in [3.05, 3.63) is 42.0 Å². The van der Waals surface area contributed by atoms with E-state index >= 15 is 0 Å². The van der Waals surface area contributed by atoms with Gasteiger partial charge in [0.25, 0.3) is 0 Å². The highest BCUT2D eigenvalue weighted by atomic mass is 16.3. The van der Waals surface area contributed by atoms with Crippen molar-refractivity contribution in [1.29, 1.82) is 0 Å². The zero-order valence-electron chi connectivity index (χ0n) is 12.3. The molecule has 2 unspecified atom stereocenters. The van der Waals surface area contributed by atoms with Gasteiger partial charge < -0.3 is 5.11 Å². The van der Waals surface area contributed by atoms with E-state index in [1.165, 1.54) is 54.9 Å². The fraction of sp³-hybridized carbons (Fsp3) is 0.474. The third-order valence-corrected chi connectivity index (χ3v) is 4.89. The van der Waals surface area contributed by atoms with E-state index in [0.717, 1.165) is 5.92 Å². The molecule has 0 heterocycles. The Bertz CT molecular complexity index is 585. The molecule has 0 saturated heterocycles. The Hall–Kier alpha value is -1.50. The number of aromatic hydroxyl groups is 1. The lowest BCUT2D eigenvalue weighted by atomic mass is 9.72. The number of hydrogen-bond donors (Lipinski definition) is 1. The van der Waals surface area contributed by atoms with Crippen LogP contribution in [0, 0.1) is 5.92 Å². The van der Waals surface area contributed by atoms with Gasteiger partial charge in [0.05, 0.1) is 0 Å². The summed E-state index contributed by atoms with van der Waals surface area (Å²) in [5.74, 6) is 1.77. The number of benzene rings is 2. The zero-order valence-corrected chi connectivity index (χ0v) is 12.3. The van der Waals surface area contributed by atoms with Crippen molar-refractivity contribution < 1.29 is 5.11 Å². The van der Waals surface area contributed by atoms with Crippen LogP contribution >= 0.6 is 0 Å². The van der Waals surface area contributed by atoms with Gasteiger partial charge in [0.15, 0.2) is 0 Å². The molecule has 1 nitrogen and oxygen atoms in total. The van der Waals surface area contributed by atoms with Gasteiger partial charge in [-0.3, -0.25) is 0 Å². The predicted molar refractivity (Wildman–Crippen MR) is 85.2 cm³/mol. The van der Waals surface area contributed by atoms with Crippen LogP contribution in [-0.2, 0) is 0 Å². The molecule has 1 aliphatic rings. The average Bonchev–Trinajstić information content (AvgIpc) is 2.49. The van der Waals surface area contributed by atoms with E-state index in [2.05, 4.69) is 31.2 Å². The van der Waals surface area contributed by atoms with Crippen LogP contribution in [0.1, 0.15) is 56.9 Å². The van der Waals surface area contributed by atoms with Crippen molar-refractivity contribution >= 4 is 10.8 Å². The largest absolute Gasteiger partial charge is 0.508 e. The quantitative estimate of drug-likeness (QED) is 0.766. The number of phenolic OH excluding ortho intramolecular Hbond substituents is 1. The van der Waals surface area contributed by atoms with E-state index in [0.29, 0.717) is 11.7 Å². The SMILES string of the molecule is CCCC1CCCCC1c1c(O)ccc2ccccc12. The van der Waals surface area contributed by atoms with Crippen LogP contribution in [0.4, 0.5) is 0 Å². The number of fused-ring (bicyclic) bond motifs is 1. The van der Waals surface area contributed by atoms with Crippen LogP contribution < -0.4 is 0 Å². The first-order valence-electron chi connectivity index (χ1n) is 8.02. The van der Waals surface area contributed by atoms with Crippen molar-refractivity contribution in [2.45, 2.75) is 51.4 Å². The van der Waals surface area contributed by atoms with Gasteiger partial charge >= 0.3 is 0 Å². The number of phenols is 1. The van der Waals surface area contributed by atoms with Crippen LogP contribution in [0.25, 0.3) is 10.8 Å². The summed E-state index contributed by atoms with van der Waals surface area (Å²) in [6, 6.07) is 12.4. The fourth-order valence-electron chi connectivity index (χ4n) is 3.98. The topological polar surface area (TPSA) is 20.2 Å². The van der Waals surface area contributed by atoms with E-state index in [1.54, 1.807) is 0 Å². The summed E-state index contributed by atoms with van der Waals surface area (Å²) in [5, 5.41) is 12.9. The Kier molecular flexibility index (Phi) is 3.95. The summed E-state index contributed by atoms with van der Waals surface area (Å²) in [6.45, 7) is 2.27. The van der Waals surface area contributed by atoms with Gasteiger partial charge in [0.1, 0.15) is 5.75 Å². The lowest BCUT2D eigenvalue weighted by Gasteiger charge is -2.33. The van der Waals surface area contributed by atoms with Crippen LogP contribution in [0.3, 0.4) is 0 Å². The molecule has 2 aromatic carbocycles. The molecule has 0 spiro atoms. The molecule has 0 amide bonds. The Morgan fingerprint density at radius 3 is 2.70 bits per heavy atom. The second-order valence-electron chi connectivity index (χ2n) is 6.16. The Balaban J connectivity index is 2.09. The summed E-state index contributed by atoms with van der Waals surface area (Å²) in [5.41, 5.74) is 1.21. The van der Waals surface area contributed by atoms with Crippen molar-refractivity contribution in [2.75, 3.05) is 0 Å². The molecule has 1 fully saturated rings. The Morgan fingerprint density at radius 1 is 1.05 bits per heavy atom. The summed E-state index contributed by atoms with van der Waals surface area (Å²) < 4.78 is 0. The number of hydrogen-bond acceptors (Lipinski definition) is 1. The van der Waals surface area contributed by atoms with Gasteiger partial charge in [-0.05, 0) is 41.5 Å². The Labute approximate surface area is 121 Å². The van der Waals surface area contributed by atoms with E-state index < -0.39 is 0 Å². The van der Waals surface area contributed by atoms with Crippen LogP contribution in [0.15, 0.2) is 36.4 Å². The maximum Gasteiger partial charge on any atom is 0.119 e. The molecule has 20 heavy (non-hydrogen) atoms. The average molecular weight is 268 g/mol. The number of rotatable bonds is 3. The first kappa shape index (κ1) is 13.5. The van der Waals surface area contributed by atoms with E-state index in [1.807, 2.05) is 12.1 Å². The molecule has 3 rings (SSSR count). The highest BCUT2D eigenvalue weighted by Gasteiger charge is 2.28. The maximum atomic E-state index is 10.4. The molecule has 1 saturated carbocycles. The van der Waals surface area contributed by atoms with E-state index in [-0.39, 0.29) is 0 Å². The van der Waals surface area contributed by atoms with Crippen molar-refractivity contribution in [2.24, 2.45) is 5.92 Å². The van der Waals surface area contributed by atoms with E-state index in [9.17, 15) is 5.11 Å². The van der Waals surface area contributed by atoms with Gasteiger partial charge in [-0.25, -0.2) is 0 Å². The minimum absolute atomic E-state index is 0.497. The molecule has 0 aliphatic heterocycles. The summed E-state index contributed by atoms with van der Waals surface area (Å²) >= 11 is 0. The minimum Gasteiger partial charge on any atom is -0.508 e. The van der Waals surface area contributed by atoms with Crippen LogP contribution in [-0.4, -0.2) is 5.11 Å². The first-order chi connectivity index (χ1) is 9.81. The second-order valence-corrected chi connectivity index (χ2v) is 6.16. The summed E-state index contributed by atoms with van der Waals surface area (Å²) in [7, 11) is 0. The molecular formula is C19H24O. The molecule has 2 atom stereocenters. The third kappa shape index (κ3) is 2.42. The monoisotopic (exact) mass is 268 g/mol. The molecule has 106 valence electrons. The highest BCUT2D eigenvalue weighted by Crippen LogP contribution is 2.45. The third-order valence-electron chi connectivity index (χ3n) is 4.89. The zero-order chi connectivity index (χ0) is 13.9. The molecule has 0 radical (unpaired) electrons. The van der Waals surface area contributed by atoms with Gasteiger partial charge in [0.2, 0.25) is 0 Å². The lowest BCUT2D eigenvalue weighted by molar-refractivity contribution is 0.284. The van der Waals surface area contributed by atoms with Crippen molar-refractivity contribution in [3.8, 4) is 5.75 Å². The van der Waals surface area contributed by atoms with Crippen LogP contribution in [0.2, 0.25) is 0 Å². The summed E-state index contributed by atoms with van der Waals surface area (Å²) in [6.07, 6.45) is 7.73. The van der Waals surface area contributed by atoms with Crippen LogP contribution in [0.5, 0.6) is 5.75 Å². The molecular weight excluding hydrogens is 244 g/mol. The van der Waals surface area contributed by atoms with Gasteiger partial charge in [0, 0.05) is 5.56 Å². The van der Waals surface area contributed by atoms with E-state index in [4.69, 9.17) is 0 Å². The molecule has 2 aromatic rings.